The predicted molar refractivity (Wildman–Crippen MR) is 103 cm³/mol. The molecule has 0 bridgehead atoms. The number of fused-ring (bicyclic) bond motifs is 1. The molecule has 2 aromatic carbocycles. The Morgan fingerprint density at radius 2 is 2.00 bits per heavy atom. The molecule has 0 atom stereocenters. The molecule has 1 N–H and O–H groups in total. The van der Waals surface area contributed by atoms with Crippen molar-refractivity contribution in [3.05, 3.63) is 63.8 Å². The molecule has 0 aliphatic carbocycles. The molecule has 0 saturated carbocycles. The molecule has 0 saturated heterocycles. The SMILES string of the molecule is Cn1c(=O)sc2cc(NC(=O)CCSCc3ccccc3)ccc21. The third-order valence-electron chi connectivity index (χ3n) is 3.66. The van der Waals surface area contributed by atoms with E-state index in [1.165, 1.54) is 16.9 Å². The van der Waals surface area contributed by atoms with E-state index < -0.39 is 0 Å². The van der Waals surface area contributed by atoms with Crippen molar-refractivity contribution in [2.75, 3.05) is 11.1 Å². The van der Waals surface area contributed by atoms with Crippen molar-refractivity contribution in [3.63, 3.8) is 0 Å². The minimum atomic E-state index is -0.00168. The normalized spacial score (nSPS) is 10.9. The monoisotopic (exact) mass is 358 g/mol. The lowest BCUT2D eigenvalue weighted by atomic mass is 10.2. The molecule has 24 heavy (non-hydrogen) atoms. The van der Waals surface area contributed by atoms with Gasteiger partial charge in [-0.15, -0.1) is 0 Å². The number of carbonyl (C=O) groups is 1. The van der Waals surface area contributed by atoms with Gasteiger partial charge in [-0.25, -0.2) is 0 Å². The number of hydrogen-bond donors (Lipinski definition) is 1. The van der Waals surface area contributed by atoms with Gasteiger partial charge in [-0.2, -0.15) is 11.8 Å². The average molecular weight is 358 g/mol. The number of benzene rings is 2. The number of carbonyl (C=O) groups excluding carboxylic acids is 1. The Morgan fingerprint density at radius 3 is 2.79 bits per heavy atom. The molecule has 0 aliphatic rings. The highest BCUT2D eigenvalue weighted by Crippen LogP contribution is 2.21. The van der Waals surface area contributed by atoms with Crippen LogP contribution in [0.5, 0.6) is 0 Å². The number of thiazole rings is 1. The summed E-state index contributed by atoms with van der Waals surface area (Å²) in [5, 5.41) is 2.90. The molecule has 6 heteroatoms. The lowest BCUT2D eigenvalue weighted by Crippen LogP contribution is -2.12. The summed E-state index contributed by atoms with van der Waals surface area (Å²) in [6.07, 6.45) is 0.473. The second kappa shape index (κ2) is 7.68. The van der Waals surface area contributed by atoms with Crippen LogP contribution in [-0.4, -0.2) is 16.2 Å². The van der Waals surface area contributed by atoms with E-state index in [4.69, 9.17) is 0 Å². The number of anilines is 1. The van der Waals surface area contributed by atoms with E-state index in [0.29, 0.717) is 6.42 Å². The highest BCUT2D eigenvalue weighted by Gasteiger charge is 2.07. The Bertz CT molecular complexity index is 900. The van der Waals surface area contributed by atoms with Crippen molar-refractivity contribution in [2.45, 2.75) is 12.2 Å². The summed E-state index contributed by atoms with van der Waals surface area (Å²) in [6.45, 7) is 0. The first-order chi connectivity index (χ1) is 11.6. The molecule has 124 valence electrons. The van der Waals surface area contributed by atoms with Gasteiger partial charge in [0.2, 0.25) is 5.91 Å². The van der Waals surface area contributed by atoms with Crippen LogP contribution < -0.4 is 10.2 Å². The minimum Gasteiger partial charge on any atom is -0.326 e. The molecule has 4 nitrogen and oxygen atoms in total. The van der Waals surface area contributed by atoms with E-state index in [0.717, 1.165) is 27.4 Å². The lowest BCUT2D eigenvalue weighted by Gasteiger charge is -2.06. The van der Waals surface area contributed by atoms with Crippen LogP contribution >= 0.6 is 23.1 Å². The minimum absolute atomic E-state index is 0.00168. The topological polar surface area (TPSA) is 51.1 Å². The predicted octanol–water partition coefficient (Wildman–Crippen LogP) is 3.86. The van der Waals surface area contributed by atoms with Crippen molar-refractivity contribution >= 4 is 44.9 Å². The maximum Gasteiger partial charge on any atom is 0.307 e. The zero-order valence-corrected chi connectivity index (χ0v) is 15.0. The molecule has 0 fully saturated rings. The maximum atomic E-state index is 12.0. The highest BCUT2D eigenvalue weighted by molar-refractivity contribution is 7.98. The first kappa shape index (κ1) is 16.8. The number of hydrogen-bond acceptors (Lipinski definition) is 4. The molecule has 0 unspecified atom stereocenters. The number of aryl methyl sites for hydroxylation is 1. The fraction of sp³-hybridized carbons (Fsp3) is 0.222. The number of nitrogens with zero attached hydrogens (tertiary/aromatic N) is 1. The van der Waals surface area contributed by atoms with Gasteiger partial charge in [0.15, 0.2) is 0 Å². The highest BCUT2D eigenvalue weighted by atomic mass is 32.2. The molecule has 1 aromatic heterocycles. The molecule has 1 heterocycles. The summed E-state index contributed by atoms with van der Waals surface area (Å²) >= 11 is 2.94. The van der Waals surface area contributed by atoms with Crippen molar-refractivity contribution in [1.29, 1.82) is 0 Å². The van der Waals surface area contributed by atoms with Gasteiger partial charge in [-0.3, -0.25) is 9.59 Å². The van der Waals surface area contributed by atoms with Crippen molar-refractivity contribution in [2.24, 2.45) is 7.05 Å². The number of amides is 1. The van der Waals surface area contributed by atoms with Crippen LogP contribution in [0.3, 0.4) is 0 Å². The molecule has 0 aliphatic heterocycles. The summed E-state index contributed by atoms with van der Waals surface area (Å²) in [5.74, 6) is 1.69. The van der Waals surface area contributed by atoms with E-state index in [-0.39, 0.29) is 10.8 Å². The lowest BCUT2D eigenvalue weighted by molar-refractivity contribution is -0.115. The van der Waals surface area contributed by atoms with Gasteiger partial charge in [0.1, 0.15) is 0 Å². The first-order valence-electron chi connectivity index (χ1n) is 7.64. The van der Waals surface area contributed by atoms with E-state index in [2.05, 4.69) is 17.4 Å². The Kier molecular flexibility index (Phi) is 5.37. The van der Waals surface area contributed by atoms with Gasteiger partial charge in [0.25, 0.3) is 0 Å². The zero-order valence-electron chi connectivity index (χ0n) is 13.3. The van der Waals surface area contributed by atoms with Crippen LogP contribution in [0.2, 0.25) is 0 Å². The first-order valence-corrected chi connectivity index (χ1v) is 9.62. The third kappa shape index (κ3) is 4.07. The Morgan fingerprint density at radius 1 is 1.21 bits per heavy atom. The van der Waals surface area contributed by atoms with E-state index in [1.54, 1.807) is 23.4 Å². The molecular formula is C18H18N2O2S2. The summed E-state index contributed by atoms with van der Waals surface area (Å²) in [7, 11) is 1.75. The smallest absolute Gasteiger partial charge is 0.307 e. The van der Waals surface area contributed by atoms with Crippen LogP contribution in [0.15, 0.2) is 53.3 Å². The zero-order chi connectivity index (χ0) is 16.9. The summed E-state index contributed by atoms with van der Waals surface area (Å²) in [4.78, 5) is 23.7. The average Bonchev–Trinajstić information content (AvgIpc) is 2.86. The molecule has 3 aromatic rings. The fourth-order valence-corrected chi connectivity index (χ4v) is 4.19. The standard InChI is InChI=1S/C18H18N2O2S2/c1-20-15-8-7-14(11-16(15)24-18(20)22)19-17(21)9-10-23-12-13-5-3-2-4-6-13/h2-8,11H,9-10,12H2,1H3,(H,19,21). The van der Waals surface area contributed by atoms with Crippen LogP contribution in [0.25, 0.3) is 10.2 Å². The fourth-order valence-electron chi connectivity index (χ4n) is 2.36. The molecule has 0 spiro atoms. The van der Waals surface area contributed by atoms with Gasteiger partial charge < -0.3 is 9.88 Å². The van der Waals surface area contributed by atoms with Gasteiger partial charge in [0, 0.05) is 30.7 Å². The number of aromatic nitrogens is 1. The van der Waals surface area contributed by atoms with E-state index in [9.17, 15) is 9.59 Å². The molecular weight excluding hydrogens is 340 g/mol. The second-order valence-corrected chi connectivity index (χ2v) is 7.54. The maximum absolute atomic E-state index is 12.0. The van der Waals surface area contributed by atoms with Crippen molar-refractivity contribution in [3.8, 4) is 0 Å². The van der Waals surface area contributed by atoms with Crippen LogP contribution in [0.4, 0.5) is 5.69 Å². The Labute approximate surface area is 148 Å². The van der Waals surface area contributed by atoms with Crippen molar-refractivity contribution < 1.29 is 4.79 Å². The Hall–Kier alpha value is -2.05. The van der Waals surface area contributed by atoms with Gasteiger partial charge in [0.05, 0.1) is 10.2 Å². The van der Waals surface area contributed by atoms with Crippen LogP contribution in [0.1, 0.15) is 12.0 Å². The second-order valence-electron chi connectivity index (χ2n) is 5.45. The largest absolute Gasteiger partial charge is 0.326 e. The number of nitrogens with one attached hydrogen (secondary N) is 1. The Balaban J connectivity index is 1.50. The number of rotatable bonds is 6. The number of thioether (sulfide) groups is 1. The van der Waals surface area contributed by atoms with Crippen molar-refractivity contribution in [1.82, 2.24) is 4.57 Å². The van der Waals surface area contributed by atoms with E-state index in [1.807, 2.05) is 36.4 Å². The summed E-state index contributed by atoms with van der Waals surface area (Å²) in [5.41, 5.74) is 2.90. The van der Waals surface area contributed by atoms with Gasteiger partial charge in [-0.1, -0.05) is 41.7 Å². The molecule has 1 amide bonds. The quantitative estimate of drug-likeness (QED) is 0.681. The molecule has 3 rings (SSSR count). The summed E-state index contributed by atoms with van der Waals surface area (Å²) < 4.78 is 2.50. The van der Waals surface area contributed by atoms with Crippen LogP contribution in [-0.2, 0) is 17.6 Å². The van der Waals surface area contributed by atoms with Gasteiger partial charge >= 0.3 is 4.87 Å². The summed E-state index contributed by atoms with van der Waals surface area (Å²) in [6, 6.07) is 15.8. The van der Waals surface area contributed by atoms with E-state index >= 15 is 0 Å². The van der Waals surface area contributed by atoms with Gasteiger partial charge in [-0.05, 0) is 23.8 Å². The third-order valence-corrected chi connectivity index (χ3v) is 5.69. The van der Waals surface area contributed by atoms with Crippen LogP contribution in [0, 0.1) is 0 Å². The molecule has 0 radical (unpaired) electrons.